The Labute approximate surface area is 214 Å². The van der Waals surface area contributed by atoms with E-state index < -0.39 is 0 Å². The smallest absolute Gasteiger partial charge is 0.259 e. The number of rotatable bonds is 7. The standard InChI is InChI=1S/C29H25N5O3/c1-19-20(2)33-34(21(19)3)27-17-18-28(32-31-27)37-24-15-13-22(14-16-24)30-29(35)25-11-7-8-12-26(25)36-23-9-5-4-6-10-23/h4-18H,1-3H3,(H,30,35). The van der Waals surface area contributed by atoms with Crippen molar-refractivity contribution in [1.29, 1.82) is 0 Å². The molecule has 37 heavy (non-hydrogen) atoms. The van der Waals surface area contributed by atoms with Gasteiger partial charge in [0.2, 0.25) is 5.88 Å². The molecule has 8 nitrogen and oxygen atoms in total. The van der Waals surface area contributed by atoms with E-state index in [1.807, 2.05) is 63.2 Å². The maximum atomic E-state index is 12.9. The van der Waals surface area contributed by atoms with Gasteiger partial charge in [-0.2, -0.15) is 5.10 Å². The fourth-order valence-corrected chi connectivity index (χ4v) is 3.71. The number of para-hydroxylation sites is 2. The van der Waals surface area contributed by atoms with Gasteiger partial charge >= 0.3 is 0 Å². The van der Waals surface area contributed by atoms with Gasteiger partial charge in [-0.25, -0.2) is 4.68 Å². The molecule has 0 fully saturated rings. The van der Waals surface area contributed by atoms with Crippen LogP contribution in [0.5, 0.6) is 23.1 Å². The van der Waals surface area contributed by atoms with Crippen LogP contribution in [0.4, 0.5) is 5.69 Å². The first-order valence-corrected chi connectivity index (χ1v) is 11.8. The van der Waals surface area contributed by atoms with E-state index in [-0.39, 0.29) is 5.91 Å². The highest BCUT2D eigenvalue weighted by atomic mass is 16.5. The number of carbonyl (C=O) groups excluding carboxylic acids is 1. The monoisotopic (exact) mass is 491 g/mol. The van der Waals surface area contributed by atoms with Gasteiger partial charge in [0.05, 0.1) is 11.3 Å². The van der Waals surface area contributed by atoms with Crippen LogP contribution in [0.1, 0.15) is 27.3 Å². The number of hydrogen-bond acceptors (Lipinski definition) is 6. The predicted molar refractivity (Wildman–Crippen MR) is 141 cm³/mol. The van der Waals surface area contributed by atoms with Crippen molar-refractivity contribution in [2.24, 2.45) is 0 Å². The Hall–Kier alpha value is -4.98. The topological polar surface area (TPSA) is 91.2 Å². The molecule has 1 N–H and O–H groups in total. The van der Waals surface area contributed by atoms with E-state index in [0.29, 0.717) is 40.2 Å². The van der Waals surface area contributed by atoms with Crippen molar-refractivity contribution in [2.45, 2.75) is 20.8 Å². The van der Waals surface area contributed by atoms with Crippen LogP contribution in [0.3, 0.4) is 0 Å². The number of hydrogen-bond donors (Lipinski definition) is 1. The number of anilines is 1. The van der Waals surface area contributed by atoms with E-state index in [2.05, 4.69) is 20.6 Å². The third kappa shape index (κ3) is 5.33. The van der Waals surface area contributed by atoms with Crippen LogP contribution in [-0.2, 0) is 0 Å². The normalized spacial score (nSPS) is 10.7. The van der Waals surface area contributed by atoms with Crippen LogP contribution in [0.25, 0.3) is 5.82 Å². The molecule has 0 aliphatic heterocycles. The molecule has 8 heteroatoms. The number of benzene rings is 3. The molecule has 2 heterocycles. The summed E-state index contributed by atoms with van der Waals surface area (Å²) in [6, 6.07) is 27.0. The van der Waals surface area contributed by atoms with Crippen molar-refractivity contribution in [3.63, 3.8) is 0 Å². The van der Waals surface area contributed by atoms with Gasteiger partial charge < -0.3 is 14.8 Å². The Kier molecular flexibility index (Phi) is 6.63. The van der Waals surface area contributed by atoms with Crippen LogP contribution in [-0.4, -0.2) is 25.9 Å². The second kappa shape index (κ2) is 10.3. The van der Waals surface area contributed by atoms with Gasteiger partial charge in [-0.1, -0.05) is 30.3 Å². The Morgan fingerprint density at radius 1 is 0.757 bits per heavy atom. The van der Waals surface area contributed by atoms with Crippen molar-refractivity contribution < 1.29 is 14.3 Å². The average molecular weight is 492 g/mol. The van der Waals surface area contributed by atoms with E-state index in [9.17, 15) is 4.79 Å². The molecule has 0 aliphatic rings. The van der Waals surface area contributed by atoms with Crippen LogP contribution < -0.4 is 14.8 Å². The van der Waals surface area contributed by atoms with Crippen LogP contribution >= 0.6 is 0 Å². The molecular formula is C29H25N5O3. The quantitative estimate of drug-likeness (QED) is 0.282. The summed E-state index contributed by atoms with van der Waals surface area (Å²) < 4.78 is 13.5. The highest BCUT2D eigenvalue weighted by Gasteiger charge is 2.14. The molecule has 0 saturated carbocycles. The predicted octanol–water partition coefficient (Wildman–Crippen LogP) is 6.42. The van der Waals surface area contributed by atoms with Gasteiger partial charge in [0.15, 0.2) is 5.82 Å². The van der Waals surface area contributed by atoms with Gasteiger partial charge in [-0.15, -0.1) is 10.2 Å². The molecule has 1 amide bonds. The number of amides is 1. The van der Waals surface area contributed by atoms with E-state index in [1.165, 1.54) is 0 Å². The number of ether oxygens (including phenoxy) is 2. The first kappa shape index (κ1) is 23.7. The van der Waals surface area contributed by atoms with Crippen molar-refractivity contribution in [2.75, 3.05) is 5.32 Å². The molecule has 0 saturated heterocycles. The number of carbonyl (C=O) groups is 1. The molecule has 2 aromatic heterocycles. The van der Waals surface area contributed by atoms with Gasteiger partial charge in [0.1, 0.15) is 17.2 Å². The Morgan fingerprint density at radius 2 is 1.46 bits per heavy atom. The van der Waals surface area contributed by atoms with Gasteiger partial charge in [-0.3, -0.25) is 4.79 Å². The SMILES string of the molecule is Cc1nn(-c2ccc(Oc3ccc(NC(=O)c4ccccc4Oc4ccccc4)cc3)nn2)c(C)c1C. The van der Waals surface area contributed by atoms with Gasteiger partial charge in [0.25, 0.3) is 5.91 Å². The molecule has 0 radical (unpaired) electrons. The number of aryl methyl sites for hydroxylation is 1. The largest absolute Gasteiger partial charge is 0.457 e. The lowest BCUT2D eigenvalue weighted by molar-refractivity contribution is 0.102. The van der Waals surface area contributed by atoms with E-state index in [1.54, 1.807) is 53.2 Å². The zero-order valence-electron chi connectivity index (χ0n) is 20.7. The summed E-state index contributed by atoms with van der Waals surface area (Å²) in [5.41, 5.74) is 4.15. The molecule has 5 rings (SSSR count). The zero-order chi connectivity index (χ0) is 25.8. The number of nitrogens with one attached hydrogen (secondary N) is 1. The number of aromatic nitrogens is 4. The molecule has 0 atom stereocenters. The molecule has 0 bridgehead atoms. The number of nitrogens with zero attached hydrogens (tertiary/aromatic N) is 4. The van der Waals surface area contributed by atoms with Crippen LogP contribution in [0.15, 0.2) is 91.0 Å². The second-order valence-corrected chi connectivity index (χ2v) is 8.43. The molecule has 0 unspecified atom stereocenters. The Balaban J connectivity index is 1.24. The van der Waals surface area contributed by atoms with Gasteiger partial charge in [-0.05, 0) is 80.9 Å². The molecule has 0 aliphatic carbocycles. The summed E-state index contributed by atoms with van der Waals surface area (Å²) in [6.07, 6.45) is 0. The first-order chi connectivity index (χ1) is 18.0. The highest BCUT2D eigenvalue weighted by molar-refractivity contribution is 6.06. The second-order valence-electron chi connectivity index (χ2n) is 8.43. The third-order valence-corrected chi connectivity index (χ3v) is 5.93. The van der Waals surface area contributed by atoms with E-state index in [4.69, 9.17) is 9.47 Å². The van der Waals surface area contributed by atoms with Crippen molar-refractivity contribution in [3.8, 4) is 28.9 Å². The highest BCUT2D eigenvalue weighted by Crippen LogP contribution is 2.27. The minimum atomic E-state index is -0.277. The van der Waals surface area contributed by atoms with Crippen molar-refractivity contribution in [3.05, 3.63) is 114 Å². The minimum absolute atomic E-state index is 0.277. The van der Waals surface area contributed by atoms with E-state index in [0.717, 1.165) is 17.0 Å². The molecule has 3 aromatic carbocycles. The molecule has 184 valence electrons. The maximum Gasteiger partial charge on any atom is 0.259 e. The summed E-state index contributed by atoms with van der Waals surface area (Å²) in [4.78, 5) is 12.9. The summed E-state index contributed by atoms with van der Waals surface area (Å²) in [6.45, 7) is 5.99. The van der Waals surface area contributed by atoms with Crippen LogP contribution in [0, 0.1) is 20.8 Å². The van der Waals surface area contributed by atoms with Crippen molar-refractivity contribution in [1.82, 2.24) is 20.0 Å². The van der Waals surface area contributed by atoms with Gasteiger partial charge in [0, 0.05) is 17.4 Å². The Morgan fingerprint density at radius 3 is 2.14 bits per heavy atom. The summed E-state index contributed by atoms with van der Waals surface area (Å²) in [5.74, 6) is 2.39. The lowest BCUT2D eigenvalue weighted by Gasteiger charge is -2.12. The lowest BCUT2D eigenvalue weighted by Crippen LogP contribution is -2.12. The maximum absolute atomic E-state index is 12.9. The lowest BCUT2D eigenvalue weighted by atomic mass is 10.1. The van der Waals surface area contributed by atoms with Crippen molar-refractivity contribution >= 4 is 11.6 Å². The average Bonchev–Trinajstić information content (AvgIpc) is 3.18. The Bertz CT molecular complexity index is 1530. The summed E-state index contributed by atoms with van der Waals surface area (Å²) >= 11 is 0. The molecule has 0 spiro atoms. The van der Waals surface area contributed by atoms with E-state index >= 15 is 0 Å². The summed E-state index contributed by atoms with van der Waals surface area (Å²) in [5, 5.41) is 15.8. The minimum Gasteiger partial charge on any atom is -0.457 e. The van der Waals surface area contributed by atoms with Crippen LogP contribution in [0.2, 0.25) is 0 Å². The first-order valence-electron chi connectivity index (χ1n) is 11.8. The zero-order valence-corrected chi connectivity index (χ0v) is 20.7. The molecule has 5 aromatic rings. The fourth-order valence-electron chi connectivity index (χ4n) is 3.71. The fraction of sp³-hybridized carbons (Fsp3) is 0.103. The summed E-state index contributed by atoms with van der Waals surface area (Å²) in [7, 11) is 0. The molecular weight excluding hydrogens is 466 g/mol. The third-order valence-electron chi connectivity index (χ3n) is 5.93.